The van der Waals surface area contributed by atoms with Gasteiger partial charge in [0.15, 0.2) is 11.5 Å². The fourth-order valence-electron chi connectivity index (χ4n) is 2.59. The van der Waals surface area contributed by atoms with Gasteiger partial charge in [0.2, 0.25) is 6.79 Å². The molecule has 28 heavy (non-hydrogen) atoms. The van der Waals surface area contributed by atoms with Crippen LogP contribution in [-0.2, 0) is 10.0 Å². The van der Waals surface area contributed by atoms with Crippen LogP contribution in [0.3, 0.4) is 0 Å². The van der Waals surface area contributed by atoms with Gasteiger partial charge in [-0.1, -0.05) is 18.2 Å². The van der Waals surface area contributed by atoms with Crippen molar-refractivity contribution >= 4 is 33.0 Å². The number of hydrogen-bond donors (Lipinski definition) is 0. The number of carbonyl (C=O) groups excluding carboxylic acids is 1. The second-order valence-electron chi connectivity index (χ2n) is 5.86. The Bertz CT molecular complexity index is 1120. The molecule has 4 rings (SSSR count). The van der Waals surface area contributed by atoms with Gasteiger partial charge in [0.25, 0.3) is 10.0 Å². The Morgan fingerprint density at radius 2 is 1.82 bits per heavy atom. The number of benzene rings is 2. The van der Waals surface area contributed by atoms with Crippen LogP contribution in [0.25, 0.3) is 0 Å². The fourth-order valence-corrected chi connectivity index (χ4v) is 4.93. The number of thiophene rings is 1. The third kappa shape index (κ3) is 3.41. The van der Waals surface area contributed by atoms with E-state index in [0.29, 0.717) is 17.2 Å². The molecule has 3 aromatic rings. The molecule has 144 valence electrons. The molecular weight excluding hydrogens is 402 g/mol. The smallest absolute Gasteiger partial charge is 0.353 e. The molecule has 1 aromatic heterocycles. The number of sulfonamides is 1. The van der Waals surface area contributed by atoms with Crippen molar-refractivity contribution in [2.24, 2.45) is 0 Å². The minimum Gasteiger partial charge on any atom is -0.454 e. The summed E-state index contributed by atoms with van der Waals surface area (Å²) >= 11 is 1.01. The van der Waals surface area contributed by atoms with Crippen molar-refractivity contribution < 1.29 is 27.4 Å². The van der Waals surface area contributed by atoms with Crippen LogP contribution in [0.1, 0.15) is 9.67 Å². The molecule has 0 amide bonds. The Morgan fingerprint density at radius 1 is 1.07 bits per heavy atom. The highest BCUT2D eigenvalue weighted by molar-refractivity contribution is 7.93. The predicted molar refractivity (Wildman–Crippen MR) is 104 cm³/mol. The maximum absolute atomic E-state index is 12.8. The molecule has 0 radical (unpaired) electrons. The molecule has 7 nitrogen and oxygen atoms in total. The first-order valence-corrected chi connectivity index (χ1v) is 10.5. The summed E-state index contributed by atoms with van der Waals surface area (Å²) < 4.78 is 42.6. The van der Waals surface area contributed by atoms with Crippen molar-refractivity contribution in [1.82, 2.24) is 0 Å². The molecule has 9 heteroatoms. The van der Waals surface area contributed by atoms with Crippen LogP contribution in [0.5, 0.6) is 17.2 Å². The largest absolute Gasteiger partial charge is 0.454 e. The molecule has 0 saturated heterocycles. The van der Waals surface area contributed by atoms with E-state index >= 15 is 0 Å². The Balaban J connectivity index is 1.53. The fraction of sp³-hybridized carbons (Fsp3) is 0.105. The van der Waals surface area contributed by atoms with Gasteiger partial charge >= 0.3 is 5.97 Å². The van der Waals surface area contributed by atoms with E-state index in [1.54, 1.807) is 48.5 Å². The minimum absolute atomic E-state index is 0.0292. The highest BCUT2D eigenvalue weighted by Crippen LogP contribution is 2.35. The Labute approximate surface area is 165 Å². The highest BCUT2D eigenvalue weighted by atomic mass is 32.2. The average Bonchev–Trinajstić information content (AvgIpc) is 3.37. The summed E-state index contributed by atoms with van der Waals surface area (Å²) in [5.74, 6) is 0.707. The SMILES string of the molecule is CN(c1ccccc1)S(=O)(=O)c1csc(C(=O)Oc2ccc3c(c2)OCO3)c1. The Kier molecular flexibility index (Phi) is 4.70. The maximum atomic E-state index is 12.8. The number of para-hydroxylation sites is 1. The zero-order chi connectivity index (χ0) is 19.7. The molecule has 2 heterocycles. The van der Waals surface area contributed by atoms with Crippen LogP contribution in [0.2, 0.25) is 0 Å². The number of ether oxygens (including phenoxy) is 3. The van der Waals surface area contributed by atoms with Gasteiger partial charge in [0, 0.05) is 18.5 Å². The van der Waals surface area contributed by atoms with E-state index < -0.39 is 16.0 Å². The van der Waals surface area contributed by atoms with Gasteiger partial charge in [-0.25, -0.2) is 13.2 Å². The van der Waals surface area contributed by atoms with Crippen LogP contribution in [-0.4, -0.2) is 28.2 Å². The first kappa shape index (κ1) is 18.3. The first-order valence-electron chi connectivity index (χ1n) is 8.19. The van der Waals surface area contributed by atoms with Gasteiger partial charge in [0.1, 0.15) is 10.6 Å². The van der Waals surface area contributed by atoms with E-state index in [-0.39, 0.29) is 22.3 Å². The van der Waals surface area contributed by atoms with E-state index in [1.165, 1.54) is 22.8 Å². The number of esters is 1. The van der Waals surface area contributed by atoms with E-state index in [4.69, 9.17) is 14.2 Å². The predicted octanol–water partition coefficient (Wildman–Crippen LogP) is 3.52. The van der Waals surface area contributed by atoms with Crippen molar-refractivity contribution in [2.75, 3.05) is 18.1 Å². The number of hydrogen-bond acceptors (Lipinski definition) is 7. The third-order valence-electron chi connectivity index (χ3n) is 4.11. The molecule has 0 N–H and O–H groups in total. The summed E-state index contributed by atoms with van der Waals surface area (Å²) in [6, 6.07) is 14.8. The summed E-state index contributed by atoms with van der Waals surface area (Å²) in [5.41, 5.74) is 0.526. The third-order valence-corrected chi connectivity index (χ3v) is 6.93. The number of anilines is 1. The second kappa shape index (κ2) is 7.17. The van der Waals surface area contributed by atoms with Crippen LogP contribution < -0.4 is 18.5 Å². The standard InChI is InChI=1S/C19H15NO6S2/c1-20(13-5-3-2-4-6-13)28(22,23)15-10-18(27-11-15)19(21)26-14-7-8-16-17(9-14)25-12-24-16/h2-11H,12H2,1H3. The van der Waals surface area contributed by atoms with Crippen molar-refractivity contribution in [1.29, 1.82) is 0 Å². The minimum atomic E-state index is -3.79. The molecule has 0 bridgehead atoms. The quantitative estimate of drug-likeness (QED) is 0.467. The summed E-state index contributed by atoms with van der Waals surface area (Å²) in [6.07, 6.45) is 0. The zero-order valence-corrected chi connectivity index (χ0v) is 16.3. The Hall–Kier alpha value is -3.04. The zero-order valence-electron chi connectivity index (χ0n) is 14.7. The van der Waals surface area contributed by atoms with Gasteiger partial charge in [-0.2, -0.15) is 0 Å². The van der Waals surface area contributed by atoms with E-state index in [9.17, 15) is 13.2 Å². The van der Waals surface area contributed by atoms with Crippen molar-refractivity contribution in [2.45, 2.75) is 4.90 Å². The normalized spacial score (nSPS) is 12.6. The molecule has 2 aromatic carbocycles. The summed E-state index contributed by atoms with van der Waals surface area (Å²) in [6.45, 7) is 0.119. The van der Waals surface area contributed by atoms with Gasteiger partial charge in [-0.05, 0) is 30.3 Å². The van der Waals surface area contributed by atoms with Crippen LogP contribution >= 0.6 is 11.3 Å². The monoisotopic (exact) mass is 417 g/mol. The second-order valence-corrected chi connectivity index (χ2v) is 8.74. The molecule has 0 saturated carbocycles. The first-order chi connectivity index (χ1) is 13.4. The van der Waals surface area contributed by atoms with Gasteiger partial charge < -0.3 is 14.2 Å². The lowest BCUT2D eigenvalue weighted by Gasteiger charge is -2.18. The summed E-state index contributed by atoms with van der Waals surface area (Å²) in [4.78, 5) is 12.6. The molecule has 1 aliphatic heterocycles. The molecule has 0 fully saturated rings. The van der Waals surface area contributed by atoms with E-state index in [2.05, 4.69) is 0 Å². The van der Waals surface area contributed by atoms with Crippen LogP contribution in [0, 0.1) is 0 Å². The number of rotatable bonds is 5. The van der Waals surface area contributed by atoms with Gasteiger partial charge in [-0.15, -0.1) is 11.3 Å². The molecule has 0 spiro atoms. The summed E-state index contributed by atoms with van der Waals surface area (Å²) in [7, 11) is -2.32. The Morgan fingerprint density at radius 3 is 2.61 bits per heavy atom. The van der Waals surface area contributed by atoms with Gasteiger partial charge in [-0.3, -0.25) is 4.31 Å². The van der Waals surface area contributed by atoms with Crippen LogP contribution in [0.15, 0.2) is 64.9 Å². The highest BCUT2D eigenvalue weighted by Gasteiger charge is 2.25. The molecule has 0 aliphatic carbocycles. The molecule has 0 atom stereocenters. The number of nitrogens with zero attached hydrogens (tertiary/aromatic N) is 1. The van der Waals surface area contributed by atoms with Crippen molar-refractivity contribution in [3.63, 3.8) is 0 Å². The lowest BCUT2D eigenvalue weighted by Crippen LogP contribution is -2.26. The lowest BCUT2D eigenvalue weighted by molar-refractivity contribution is 0.0739. The van der Waals surface area contributed by atoms with Crippen LogP contribution in [0.4, 0.5) is 5.69 Å². The lowest BCUT2D eigenvalue weighted by atomic mass is 10.3. The number of carbonyl (C=O) groups is 1. The topological polar surface area (TPSA) is 82.1 Å². The average molecular weight is 417 g/mol. The summed E-state index contributed by atoms with van der Waals surface area (Å²) in [5, 5.41) is 1.42. The molecule has 1 aliphatic rings. The molecule has 0 unspecified atom stereocenters. The van der Waals surface area contributed by atoms with Crippen molar-refractivity contribution in [3.8, 4) is 17.2 Å². The maximum Gasteiger partial charge on any atom is 0.353 e. The molecular formula is C19H15NO6S2. The van der Waals surface area contributed by atoms with Crippen molar-refractivity contribution in [3.05, 3.63) is 64.9 Å². The van der Waals surface area contributed by atoms with Gasteiger partial charge in [0.05, 0.1) is 10.6 Å². The number of fused-ring (bicyclic) bond motifs is 1. The van der Waals surface area contributed by atoms with E-state index in [0.717, 1.165) is 11.3 Å². The van der Waals surface area contributed by atoms with E-state index in [1.807, 2.05) is 0 Å².